The molecule has 5 heteroatoms. The van der Waals surface area contributed by atoms with E-state index in [0.29, 0.717) is 10.7 Å². The highest BCUT2D eigenvalue weighted by Gasteiger charge is 2.15. The van der Waals surface area contributed by atoms with Gasteiger partial charge in [0.1, 0.15) is 5.01 Å². The van der Waals surface area contributed by atoms with E-state index in [1.54, 1.807) is 0 Å². The van der Waals surface area contributed by atoms with E-state index in [1.165, 1.54) is 16.9 Å². The van der Waals surface area contributed by atoms with Crippen LogP contribution in [-0.2, 0) is 11.8 Å². The highest BCUT2D eigenvalue weighted by molar-refractivity contribution is 7.15. The smallest absolute Gasteiger partial charge is 0.257 e. The molecule has 1 heterocycles. The molecule has 0 spiro atoms. The van der Waals surface area contributed by atoms with Gasteiger partial charge in [0.15, 0.2) is 0 Å². The van der Waals surface area contributed by atoms with Gasteiger partial charge >= 0.3 is 0 Å². The highest BCUT2D eigenvalue weighted by atomic mass is 32.1. The summed E-state index contributed by atoms with van der Waals surface area (Å²) in [5.41, 5.74) is 1.93. The number of unbranched alkanes of at least 4 members (excludes halogenated alkanes) is 1. The number of carbonyl (C=O) groups excluding carboxylic acids is 1. The summed E-state index contributed by atoms with van der Waals surface area (Å²) in [6.07, 6.45) is 3.14. The molecule has 0 bridgehead atoms. The third kappa shape index (κ3) is 4.37. The monoisotopic (exact) mass is 317 g/mol. The van der Waals surface area contributed by atoms with E-state index in [4.69, 9.17) is 0 Å². The van der Waals surface area contributed by atoms with Gasteiger partial charge in [-0.05, 0) is 29.5 Å². The quantitative estimate of drug-likeness (QED) is 0.887. The van der Waals surface area contributed by atoms with Gasteiger partial charge in [-0.2, -0.15) is 0 Å². The van der Waals surface area contributed by atoms with Crippen LogP contribution in [0.5, 0.6) is 0 Å². The summed E-state index contributed by atoms with van der Waals surface area (Å²) in [7, 11) is 0. The lowest BCUT2D eigenvalue weighted by molar-refractivity contribution is 0.102. The normalized spacial score (nSPS) is 11.5. The third-order valence-electron chi connectivity index (χ3n) is 3.44. The van der Waals surface area contributed by atoms with Crippen molar-refractivity contribution in [1.82, 2.24) is 10.2 Å². The lowest BCUT2D eigenvalue weighted by atomic mass is 9.87. The standard InChI is InChI=1S/C17H23N3OS/c1-5-6-7-14-19-20-16(22-14)18-15(21)12-8-10-13(11-9-12)17(2,3)4/h8-11H,5-7H2,1-4H3,(H,18,20,21). The number of hydrogen-bond donors (Lipinski definition) is 1. The fourth-order valence-corrected chi connectivity index (χ4v) is 2.80. The lowest BCUT2D eigenvalue weighted by Crippen LogP contribution is -2.14. The Bertz CT molecular complexity index is 626. The molecule has 0 saturated heterocycles. The molecule has 0 saturated carbocycles. The Labute approximate surface area is 136 Å². The van der Waals surface area contributed by atoms with Crippen LogP contribution in [-0.4, -0.2) is 16.1 Å². The van der Waals surface area contributed by atoms with Gasteiger partial charge in [-0.15, -0.1) is 10.2 Å². The first-order valence-electron chi connectivity index (χ1n) is 7.64. The number of hydrogen-bond acceptors (Lipinski definition) is 4. The van der Waals surface area contributed by atoms with Crippen LogP contribution in [0.25, 0.3) is 0 Å². The first-order chi connectivity index (χ1) is 10.4. The van der Waals surface area contributed by atoms with Gasteiger partial charge in [0, 0.05) is 12.0 Å². The van der Waals surface area contributed by atoms with Crippen molar-refractivity contribution >= 4 is 22.4 Å². The van der Waals surface area contributed by atoms with Gasteiger partial charge in [0.2, 0.25) is 5.13 Å². The van der Waals surface area contributed by atoms with Crippen molar-refractivity contribution in [2.45, 2.75) is 52.4 Å². The van der Waals surface area contributed by atoms with Gasteiger partial charge in [-0.3, -0.25) is 10.1 Å². The van der Waals surface area contributed by atoms with E-state index in [2.05, 4.69) is 43.2 Å². The molecule has 2 aromatic rings. The molecule has 0 aliphatic heterocycles. The summed E-state index contributed by atoms with van der Waals surface area (Å²) >= 11 is 1.45. The molecule has 0 radical (unpaired) electrons. The molecule has 118 valence electrons. The second-order valence-corrected chi connectivity index (χ2v) is 7.45. The Kier molecular flexibility index (Phi) is 5.29. The van der Waals surface area contributed by atoms with Gasteiger partial charge in [-0.25, -0.2) is 0 Å². The molecular weight excluding hydrogens is 294 g/mol. The summed E-state index contributed by atoms with van der Waals surface area (Å²) in [6.45, 7) is 8.61. The fraction of sp³-hybridized carbons (Fsp3) is 0.471. The molecule has 2 rings (SSSR count). The van der Waals surface area contributed by atoms with E-state index in [-0.39, 0.29) is 11.3 Å². The minimum atomic E-state index is -0.140. The van der Waals surface area contributed by atoms with Crippen LogP contribution in [0.15, 0.2) is 24.3 Å². The van der Waals surface area contributed by atoms with Crippen LogP contribution in [0, 0.1) is 0 Å². The van der Waals surface area contributed by atoms with E-state index in [1.807, 2.05) is 24.3 Å². The van der Waals surface area contributed by atoms with Crippen molar-refractivity contribution in [3.05, 3.63) is 40.4 Å². The zero-order valence-corrected chi connectivity index (χ0v) is 14.5. The van der Waals surface area contributed by atoms with Crippen LogP contribution >= 0.6 is 11.3 Å². The van der Waals surface area contributed by atoms with E-state index >= 15 is 0 Å². The van der Waals surface area contributed by atoms with Crippen LogP contribution in [0.2, 0.25) is 0 Å². The molecule has 22 heavy (non-hydrogen) atoms. The minimum Gasteiger partial charge on any atom is -0.296 e. The Morgan fingerprint density at radius 1 is 1.18 bits per heavy atom. The van der Waals surface area contributed by atoms with Gasteiger partial charge < -0.3 is 0 Å². The molecule has 0 aliphatic rings. The second-order valence-electron chi connectivity index (χ2n) is 6.39. The average Bonchev–Trinajstić information content (AvgIpc) is 2.92. The second kappa shape index (κ2) is 7.01. The maximum absolute atomic E-state index is 12.2. The Morgan fingerprint density at radius 3 is 2.45 bits per heavy atom. The minimum absolute atomic E-state index is 0.0857. The number of nitrogens with one attached hydrogen (secondary N) is 1. The van der Waals surface area contributed by atoms with Gasteiger partial charge in [0.05, 0.1) is 0 Å². The molecule has 1 aromatic carbocycles. The van der Waals surface area contributed by atoms with Crippen molar-refractivity contribution in [3.63, 3.8) is 0 Å². The third-order valence-corrected chi connectivity index (χ3v) is 4.34. The topological polar surface area (TPSA) is 54.9 Å². The van der Waals surface area contributed by atoms with Crippen molar-refractivity contribution in [2.75, 3.05) is 5.32 Å². The number of nitrogens with zero attached hydrogens (tertiary/aromatic N) is 2. The SMILES string of the molecule is CCCCc1nnc(NC(=O)c2ccc(C(C)(C)C)cc2)s1. The lowest BCUT2D eigenvalue weighted by Gasteiger charge is -2.18. The molecule has 0 atom stereocenters. The first-order valence-corrected chi connectivity index (χ1v) is 8.46. The van der Waals surface area contributed by atoms with E-state index < -0.39 is 0 Å². The van der Waals surface area contributed by atoms with Gasteiger partial charge in [0.25, 0.3) is 5.91 Å². The molecule has 1 amide bonds. The van der Waals surface area contributed by atoms with E-state index in [9.17, 15) is 4.79 Å². The van der Waals surface area contributed by atoms with Crippen molar-refractivity contribution in [1.29, 1.82) is 0 Å². The van der Waals surface area contributed by atoms with Crippen LogP contribution < -0.4 is 5.32 Å². The number of rotatable bonds is 5. The van der Waals surface area contributed by atoms with Crippen molar-refractivity contribution < 1.29 is 4.79 Å². The molecular formula is C17H23N3OS. The summed E-state index contributed by atoms with van der Waals surface area (Å²) in [4.78, 5) is 12.2. The number of amides is 1. The van der Waals surface area contributed by atoms with Gasteiger partial charge in [-0.1, -0.05) is 57.6 Å². The summed E-state index contributed by atoms with van der Waals surface area (Å²) in [5, 5.41) is 12.5. The molecule has 0 unspecified atom stereocenters. The molecule has 0 fully saturated rings. The predicted molar refractivity (Wildman–Crippen MR) is 91.6 cm³/mol. The molecule has 0 aliphatic carbocycles. The highest BCUT2D eigenvalue weighted by Crippen LogP contribution is 2.23. The number of carbonyl (C=O) groups is 1. The summed E-state index contributed by atoms with van der Waals surface area (Å²) < 4.78 is 0. The zero-order chi connectivity index (χ0) is 16.2. The maximum atomic E-state index is 12.2. The van der Waals surface area contributed by atoms with Crippen molar-refractivity contribution in [3.8, 4) is 0 Å². The summed E-state index contributed by atoms with van der Waals surface area (Å²) in [6, 6.07) is 7.72. The predicted octanol–water partition coefficient (Wildman–Crippen LogP) is 4.43. The number of aromatic nitrogens is 2. The molecule has 4 nitrogen and oxygen atoms in total. The number of benzene rings is 1. The fourth-order valence-electron chi connectivity index (χ4n) is 2.02. The average molecular weight is 317 g/mol. The number of aryl methyl sites for hydroxylation is 1. The van der Waals surface area contributed by atoms with E-state index in [0.717, 1.165) is 24.3 Å². The first kappa shape index (κ1) is 16.6. The Hall–Kier alpha value is -1.75. The maximum Gasteiger partial charge on any atom is 0.257 e. The zero-order valence-electron chi connectivity index (χ0n) is 13.6. The number of anilines is 1. The Balaban J connectivity index is 2.01. The van der Waals surface area contributed by atoms with Crippen molar-refractivity contribution in [2.24, 2.45) is 0 Å². The summed E-state index contributed by atoms with van der Waals surface area (Å²) in [5.74, 6) is -0.140. The van der Waals surface area contributed by atoms with Crippen LogP contribution in [0.1, 0.15) is 61.5 Å². The van der Waals surface area contributed by atoms with Crippen LogP contribution in [0.4, 0.5) is 5.13 Å². The Morgan fingerprint density at radius 2 is 1.86 bits per heavy atom. The molecule has 1 aromatic heterocycles. The largest absolute Gasteiger partial charge is 0.296 e. The van der Waals surface area contributed by atoms with Crippen LogP contribution in [0.3, 0.4) is 0 Å². The molecule has 1 N–H and O–H groups in total.